The van der Waals surface area contributed by atoms with Gasteiger partial charge in [-0.15, -0.1) is 0 Å². The third-order valence-electron chi connectivity index (χ3n) is 2.68. The van der Waals surface area contributed by atoms with E-state index in [1.165, 1.54) is 31.3 Å². The SMILES string of the molecule is CC[As](CC)CC.CC[As](CC)CC.[Cl-].[Cl-].[Pd]. The van der Waals surface area contributed by atoms with Crippen LogP contribution in [0.15, 0.2) is 0 Å². The van der Waals surface area contributed by atoms with Crippen molar-refractivity contribution in [2.75, 3.05) is 0 Å². The summed E-state index contributed by atoms with van der Waals surface area (Å²) in [7, 11) is 0. The second kappa shape index (κ2) is 26.8. The molecule has 0 radical (unpaired) electrons. The van der Waals surface area contributed by atoms with Crippen molar-refractivity contribution in [3.05, 3.63) is 0 Å². The van der Waals surface area contributed by atoms with Gasteiger partial charge in [-0.25, -0.2) is 0 Å². The van der Waals surface area contributed by atoms with Gasteiger partial charge in [-0.05, 0) is 0 Å². The van der Waals surface area contributed by atoms with Gasteiger partial charge in [0.05, 0.1) is 0 Å². The second-order valence-electron chi connectivity index (χ2n) is 3.24. The summed E-state index contributed by atoms with van der Waals surface area (Å²) in [6, 6.07) is 0. The topological polar surface area (TPSA) is 0 Å². The molecule has 0 heterocycles. The fourth-order valence-corrected chi connectivity index (χ4v) is 6.97. The molecule has 0 fully saturated rings. The third-order valence-corrected chi connectivity index (χ3v) is 13.9. The van der Waals surface area contributed by atoms with Crippen LogP contribution in [0, 0.1) is 0 Å². The van der Waals surface area contributed by atoms with Crippen LogP contribution >= 0.6 is 0 Å². The number of hydrogen-bond acceptors (Lipinski definition) is 0. The summed E-state index contributed by atoms with van der Waals surface area (Å²) in [5.41, 5.74) is 0. The van der Waals surface area contributed by atoms with E-state index in [-0.39, 0.29) is 74.5 Å². The summed E-state index contributed by atoms with van der Waals surface area (Å²) in [5, 5.41) is 9.00. The molecular formula is C12H30As2Cl2Pd-2. The Balaban J connectivity index is -0.0000000480. The molecule has 0 atom stereocenters. The fourth-order valence-electron chi connectivity index (χ4n) is 1.34. The first-order valence-corrected chi connectivity index (χ1v) is 14.1. The van der Waals surface area contributed by atoms with E-state index in [4.69, 9.17) is 0 Å². The van der Waals surface area contributed by atoms with Gasteiger partial charge >= 0.3 is 102 Å². The summed E-state index contributed by atoms with van der Waals surface area (Å²) in [6.45, 7) is 14.0. The van der Waals surface area contributed by atoms with E-state index in [0.717, 1.165) is 0 Å². The van der Waals surface area contributed by atoms with Gasteiger partial charge < -0.3 is 24.8 Å². The summed E-state index contributed by atoms with van der Waals surface area (Å²) in [5.74, 6) is 0. The van der Waals surface area contributed by atoms with Crippen molar-refractivity contribution in [2.24, 2.45) is 0 Å². The maximum atomic E-state index is 2.33. The van der Waals surface area contributed by atoms with Gasteiger partial charge in [0.25, 0.3) is 0 Å². The van der Waals surface area contributed by atoms with Gasteiger partial charge in [0.2, 0.25) is 0 Å². The first-order valence-electron chi connectivity index (χ1n) is 6.14. The molecule has 0 saturated carbocycles. The van der Waals surface area contributed by atoms with Crippen molar-refractivity contribution in [1.82, 2.24) is 0 Å². The Labute approximate surface area is 146 Å². The molecule has 0 aromatic rings. The molecule has 0 amide bonds. The van der Waals surface area contributed by atoms with Crippen LogP contribution in [-0.4, -0.2) is 29.3 Å². The van der Waals surface area contributed by atoms with Gasteiger partial charge in [-0.3, -0.25) is 0 Å². The Morgan fingerprint density at radius 2 is 0.588 bits per heavy atom. The van der Waals surface area contributed by atoms with E-state index in [2.05, 4.69) is 41.5 Å². The van der Waals surface area contributed by atoms with Crippen molar-refractivity contribution in [1.29, 1.82) is 0 Å². The van der Waals surface area contributed by atoms with Crippen molar-refractivity contribution < 1.29 is 45.2 Å². The van der Waals surface area contributed by atoms with Crippen LogP contribution in [0.3, 0.4) is 0 Å². The summed E-state index contributed by atoms with van der Waals surface area (Å²) in [4.78, 5) is 0. The molecule has 0 aromatic heterocycles. The minimum Gasteiger partial charge on any atom is -1.00 e. The average Bonchev–Trinajstić information content (AvgIpc) is 2.24. The Bertz CT molecular complexity index is 77.5. The maximum Gasteiger partial charge on any atom is 0 e. The Morgan fingerprint density at radius 1 is 0.471 bits per heavy atom. The van der Waals surface area contributed by atoms with Crippen LogP contribution in [0.25, 0.3) is 0 Å². The first kappa shape index (κ1) is 31.6. The molecule has 0 nitrogen and oxygen atoms in total. The van der Waals surface area contributed by atoms with Gasteiger partial charge in [-0.2, -0.15) is 0 Å². The summed E-state index contributed by atoms with van der Waals surface area (Å²) < 4.78 is 0. The molecule has 0 spiro atoms. The minimum absolute atomic E-state index is 0. The molecule has 114 valence electrons. The minimum atomic E-state index is -0.229. The van der Waals surface area contributed by atoms with E-state index < -0.39 is 0 Å². The average molecular weight is 502 g/mol. The van der Waals surface area contributed by atoms with E-state index in [1.807, 2.05) is 0 Å². The summed E-state index contributed by atoms with van der Waals surface area (Å²) >= 11 is -0.458. The van der Waals surface area contributed by atoms with Crippen molar-refractivity contribution >= 4 is 29.3 Å². The molecule has 0 saturated heterocycles. The standard InChI is InChI=1S/2C6H15As.2ClH.Pd/c2*1-4-7(5-2)6-3;;;/h2*4-6H2,1-3H3;2*1H;/p-2. The largest absolute Gasteiger partial charge is 1.00 e. The van der Waals surface area contributed by atoms with Crippen LogP contribution in [0.4, 0.5) is 0 Å². The molecular weight excluding hydrogens is 471 g/mol. The fraction of sp³-hybridized carbons (Fsp3) is 1.00. The predicted molar refractivity (Wildman–Crippen MR) is 74.4 cm³/mol. The van der Waals surface area contributed by atoms with Gasteiger partial charge in [-0.1, -0.05) is 0 Å². The van der Waals surface area contributed by atoms with Crippen LogP contribution < -0.4 is 24.8 Å². The molecule has 0 unspecified atom stereocenters. The first-order chi connectivity index (χ1) is 6.69. The van der Waals surface area contributed by atoms with E-state index in [0.29, 0.717) is 0 Å². The zero-order valence-corrected chi connectivity index (χ0v) is 19.0. The Morgan fingerprint density at radius 3 is 0.588 bits per heavy atom. The van der Waals surface area contributed by atoms with Gasteiger partial charge in [0.1, 0.15) is 0 Å². The van der Waals surface area contributed by atoms with Crippen molar-refractivity contribution in [2.45, 2.75) is 72.8 Å². The van der Waals surface area contributed by atoms with Gasteiger partial charge in [0, 0.05) is 20.4 Å². The second-order valence-corrected chi connectivity index (χ2v) is 16.8. The predicted octanol–water partition coefficient (Wildman–Crippen LogP) is -0.913. The van der Waals surface area contributed by atoms with Crippen LogP contribution in [-0.2, 0) is 20.4 Å². The molecule has 0 aromatic carbocycles. The van der Waals surface area contributed by atoms with E-state index >= 15 is 0 Å². The molecule has 17 heavy (non-hydrogen) atoms. The monoisotopic (exact) mass is 500 g/mol. The maximum absolute atomic E-state index is 2.33. The normalized spacial score (nSPS) is 8.47. The zero-order chi connectivity index (χ0) is 11.4. The van der Waals surface area contributed by atoms with Crippen LogP contribution in [0.5, 0.6) is 0 Å². The molecule has 0 aliphatic carbocycles. The molecule has 0 aliphatic rings. The van der Waals surface area contributed by atoms with Crippen LogP contribution in [0.2, 0.25) is 31.3 Å². The number of halogens is 2. The molecule has 0 N–H and O–H groups in total. The van der Waals surface area contributed by atoms with E-state index in [1.54, 1.807) is 0 Å². The smallest absolute Gasteiger partial charge is 0 e. The number of hydrogen-bond donors (Lipinski definition) is 0. The van der Waals surface area contributed by atoms with Crippen molar-refractivity contribution in [3.63, 3.8) is 0 Å². The number of rotatable bonds is 6. The quantitative estimate of drug-likeness (QED) is 0.414. The molecule has 5 heteroatoms. The van der Waals surface area contributed by atoms with Crippen LogP contribution in [0.1, 0.15) is 41.5 Å². The molecule has 0 rings (SSSR count). The Kier molecular flexibility index (Phi) is 50.0. The zero-order valence-electron chi connectivity index (χ0n) is 12.2. The van der Waals surface area contributed by atoms with Gasteiger partial charge in [0.15, 0.2) is 0 Å². The summed E-state index contributed by atoms with van der Waals surface area (Å²) in [6.07, 6.45) is 0. The molecule has 0 bridgehead atoms. The molecule has 0 aliphatic heterocycles. The van der Waals surface area contributed by atoms with Crippen molar-refractivity contribution in [3.8, 4) is 0 Å². The Hall–Kier alpha value is 2.36. The third kappa shape index (κ3) is 23.8. The van der Waals surface area contributed by atoms with E-state index in [9.17, 15) is 0 Å².